The van der Waals surface area contributed by atoms with E-state index in [4.69, 9.17) is 9.47 Å². The summed E-state index contributed by atoms with van der Waals surface area (Å²) < 4.78 is 10.8. The van der Waals surface area contributed by atoms with Crippen molar-refractivity contribution in [3.05, 3.63) is 41.9 Å². The number of nitrogens with zero attached hydrogens (tertiary/aromatic N) is 2. The number of hydrogen-bond donors (Lipinski definition) is 2. The van der Waals surface area contributed by atoms with Gasteiger partial charge in [0, 0.05) is 12.6 Å². The lowest BCUT2D eigenvalue weighted by atomic mass is 10.1. The number of aryl methyl sites for hydroxylation is 1. The van der Waals surface area contributed by atoms with Gasteiger partial charge in [0.15, 0.2) is 0 Å². The van der Waals surface area contributed by atoms with Crippen molar-refractivity contribution in [1.29, 1.82) is 0 Å². The maximum absolute atomic E-state index is 12.2. The Bertz CT molecular complexity index is 733. The molecule has 1 aromatic carbocycles. The molecule has 0 bridgehead atoms. The van der Waals surface area contributed by atoms with E-state index < -0.39 is 0 Å². The highest BCUT2D eigenvalue weighted by Crippen LogP contribution is 2.16. The van der Waals surface area contributed by atoms with Crippen molar-refractivity contribution in [2.75, 3.05) is 32.1 Å². The Kier molecular flexibility index (Phi) is 7.85. The summed E-state index contributed by atoms with van der Waals surface area (Å²) in [6.45, 7) is 7.66. The van der Waals surface area contributed by atoms with Crippen LogP contribution in [0, 0.1) is 12.8 Å². The first-order valence-corrected chi connectivity index (χ1v) is 9.12. The zero-order chi connectivity index (χ0) is 19.6. The molecule has 0 unspecified atom stereocenters. The number of anilines is 1. The van der Waals surface area contributed by atoms with Crippen molar-refractivity contribution in [2.45, 2.75) is 27.2 Å². The summed E-state index contributed by atoms with van der Waals surface area (Å²) in [5, 5.41) is 6.06. The fourth-order valence-electron chi connectivity index (χ4n) is 2.36. The summed E-state index contributed by atoms with van der Waals surface area (Å²) in [6.07, 6.45) is 0.934. The molecule has 27 heavy (non-hydrogen) atoms. The van der Waals surface area contributed by atoms with Crippen LogP contribution < -0.4 is 20.1 Å². The van der Waals surface area contributed by atoms with Gasteiger partial charge in [-0.2, -0.15) is 0 Å². The lowest BCUT2D eigenvalue weighted by molar-refractivity contribution is 0.0946. The van der Waals surface area contributed by atoms with Crippen LogP contribution in [0.4, 0.5) is 5.82 Å². The summed E-state index contributed by atoms with van der Waals surface area (Å²) in [4.78, 5) is 20.8. The van der Waals surface area contributed by atoms with Crippen LogP contribution in [0.5, 0.6) is 11.5 Å². The van der Waals surface area contributed by atoms with Gasteiger partial charge in [-0.3, -0.25) is 4.79 Å². The largest absolute Gasteiger partial charge is 0.497 e. The van der Waals surface area contributed by atoms with E-state index in [9.17, 15) is 4.79 Å². The molecule has 0 saturated heterocycles. The molecule has 0 aliphatic heterocycles. The van der Waals surface area contributed by atoms with E-state index in [1.54, 1.807) is 20.1 Å². The van der Waals surface area contributed by atoms with Crippen molar-refractivity contribution >= 4 is 11.7 Å². The van der Waals surface area contributed by atoms with E-state index in [0.717, 1.165) is 17.9 Å². The maximum Gasteiger partial charge on any atom is 0.270 e. The average molecular weight is 372 g/mol. The standard InChI is InChI=1S/C20H28N4O3/c1-14(2)9-10-22-20(25)18-13-19(24-15(3)23-18)21-11-12-27-17-7-5-16(26-4)6-8-17/h5-8,13-14H,9-12H2,1-4H3,(H,22,25)(H,21,23,24). The molecule has 2 aromatic rings. The molecule has 2 rings (SSSR count). The number of benzene rings is 1. The van der Waals surface area contributed by atoms with Crippen LogP contribution in [0.15, 0.2) is 30.3 Å². The quantitative estimate of drug-likeness (QED) is 0.624. The first kappa shape index (κ1) is 20.5. The van der Waals surface area contributed by atoms with E-state index in [-0.39, 0.29) is 5.91 Å². The second-order valence-electron chi connectivity index (χ2n) is 6.57. The van der Waals surface area contributed by atoms with E-state index in [1.807, 2.05) is 24.3 Å². The Hall–Kier alpha value is -2.83. The highest BCUT2D eigenvalue weighted by molar-refractivity contribution is 5.92. The summed E-state index contributed by atoms with van der Waals surface area (Å²) >= 11 is 0. The normalized spacial score (nSPS) is 10.6. The fraction of sp³-hybridized carbons (Fsp3) is 0.450. The monoisotopic (exact) mass is 372 g/mol. The van der Waals surface area contributed by atoms with Gasteiger partial charge in [-0.05, 0) is 43.5 Å². The number of aromatic nitrogens is 2. The van der Waals surface area contributed by atoms with Crippen LogP contribution >= 0.6 is 0 Å². The van der Waals surface area contributed by atoms with Gasteiger partial charge in [0.25, 0.3) is 5.91 Å². The SMILES string of the molecule is COc1ccc(OCCNc2cc(C(=O)NCCC(C)C)nc(C)n2)cc1. The molecule has 0 saturated carbocycles. The van der Waals surface area contributed by atoms with Crippen molar-refractivity contribution in [3.63, 3.8) is 0 Å². The fourth-order valence-corrected chi connectivity index (χ4v) is 2.36. The van der Waals surface area contributed by atoms with E-state index in [0.29, 0.717) is 43.0 Å². The van der Waals surface area contributed by atoms with Crippen LogP contribution in [-0.4, -0.2) is 42.7 Å². The molecule has 1 heterocycles. The van der Waals surface area contributed by atoms with Crippen LogP contribution in [-0.2, 0) is 0 Å². The molecule has 0 radical (unpaired) electrons. The molecule has 1 amide bonds. The topological polar surface area (TPSA) is 85.4 Å². The summed E-state index contributed by atoms with van der Waals surface area (Å²) in [6, 6.07) is 9.06. The molecule has 0 aliphatic rings. The number of ether oxygens (including phenoxy) is 2. The molecule has 0 spiro atoms. The highest BCUT2D eigenvalue weighted by Gasteiger charge is 2.10. The van der Waals surface area contributed by atoms with E-state index in [1.165, 1.54) is 0 Å². The van der Waals surface area contributed by atoms with Gasteiger partial charge in [-0.15, -0.1) is 0 Å². The second kappa shape index (κ2) is 10.4. The third-order valence-corrected chi connectivity index (χ3v) is 3.81. The maximum atomic E-state index is 12.2. The van der Waals surface area contributed by atoms with Crippen LogP contribution in [0.2, 0.25) is 0 Å². The number of carbonyl (C=O) groups is 1. The van der Waals surface area contributed by atoms with Crippen molar-refractivity contribution < 1.29 is 14.3 Å². The number of carbonyl (C=O) groups excluding carboxylic acids is 1. The molecule has 2 N–H and O–H groups in total. The van der Waals surface area contributed by atoms with Crippen molar-refractivity contribution in [3.8, 4) is 11.5 Å². The zero-order valence-corrected chi connectivity index (χ0v) is 16.4. The summed E-state index contributed by atoms with van der Waals surface area (Å²) in [5.41, 5.74) is 0.366. The first-order chi connectivity index (χ1) is 13.0. The number of methoxy groups -OCH3 is 1. The number of hydrogen-bond acceptors (Lipinski definition) is 6. The zero-order valence-electron chi connectivity index (χ0n) is 16.4. The van der Waals surface area contributed by atoms with Crippen molar-refractivity contribution in [1.82, 2.24) is 15.3 Å². The Morgan fingerprint density at radius 2 is 1.81 bits per heavy atom. The Morgan fingerprint density at radius 3 is 2.48 bits per heavy atom. The lowest BCUT2D eigenvalue weighted by Gasteiger charge is -2.11. The third-order valence-electron chi connectivity index (χ3n) is 3.81. The Balaban J connectivity index is 1.83. The van der Waals surface area contributed by atoms with Crippen LogP contribution in [0.1, 0.15) is 36.6 Å². The summed E-state index contributed by atoms with van der Waals surface area (Å²) in [7, 11) is 1.63. The van der Waals surface area contributed by atoms with Gasteiger partial charge in [0.05, 0.1) is 13.7 Å². The highest BCUT2D eigenvalue weighted by atomic mass is 16.5. The summed E-state index contributed by atoms with van der Waals surface area (Å²) in [5.74, 6) is 3.07. The molecular weight excluding hydrogens is 344 g/mol. The molecule has 7 heteroatoms. The lowest BCUT2D eigenvalue weighted by Crippen LogP contribution is -2.26. The van der Waals surface area contributed by atoms with E-state index in [2.05, 4.69) is 34.4 Å². The minimum absolute atomic E-state index is 0.182. The second-order valence-corrected chi connectivity index (χ2v) is 6.57. The number of rotatable bonds is 10. The molecule has 0 fully saturated rings. The predicted molar refractivity (Wildman–Crippen MR) is 106 cm³/mol. The predicted octanol–water partition coefficient (Wildman–Crippen LogP) is 3.06. The minimum atomic E-state index is -0.182. The number of amides is 1. The Labute approximate surface area is 160 Å². The van der Waals surface area contributed by atoms with Crippen molar-refractivity contribution in [2.24, 2.45) is 5.92 Å². The molecule has 1 aromatic heterocycles. The average Bonchev–Trinajstić information content (AvgIpc) is 2.65. The van der Waals surface area contributed by atoms with Gasteiger partial charge in [0.2, 0.25) is 0 Å². The van der Waals surface area contributed by atoms with E-state index >= 15 is 0 Å². The van der Waals surface area contributed by atoms with Gasteiger partial charge >= 0.3 is 0 Å². The van der Waals surface area contributed by atoms with Gasteiger partial charge in [-0.25, -0.2) is 9.97 Å². The Morgan fingerprint density at radius 1 is 1.11 bits per heavy atom. The van der Waals surface area contributed by atoms with Gasteiger partial charge in [0.1, 0.15) is 35.4 Å². The molecule has 0 atom stereocenters. The van der Waals surface area contributed by atoms with Crippen LogP contribution in [0.25, 0.3) is 0 Å². The smallest absolute Gasteiger partial charge is 0.270 e. The number of nitrogens with one attached hydrogen (secondary N) is 2. The third kappa shape index (κ3) is 7.13. The molecule has 7 nitrogen and oxygen atoms in total. The molecular formula is C20H28N4O3. The molecule has 146 valence electrons. The van der Waals surface area contributed by atoms with Gasteiger partial charge < -0.3 is 20.1 Å². The first-order valence-electron chi connectivity index (χ1n) is 9.12. The minimum Gasteiger partial charge on any atom is -0.497 e. The van der Waals surface area contributed by atoms with Crippen LogP contribution in [0.3, 0.4) is 0 Å². The van der Waals surface area contributed by atoms with Gasteiger partial charge in [-0.1, -0.05) is 13.8 Å². The molecule has 0 aliphatic carbocycles.